The van der Waals surface area contributed by atoms with E-state index < -0.39 is 0 Å². The van der Waals surface area contributed by atoms with Crippen molar-refractivity contribution < 1.29 is 9.59 Å². The fourth-order valence-electron chi connectivity index (χ4n) is 2.97. The number of carbonyl (C=O) groups is 2. The topological polar surface area (TPSA) is 68.9 Å². The van der Waals surface area contributed by atoms with Crippen molar-refractivity contribution >= 4 is 51.5 Å². The number of hydrogen-bond acceptors (Lipinski definition) is 4. The molecule has 0 atom stereocenters. The molecule has 0 unspecified atom stereocenters. The van der Waals surface area contributed by atoms with Crippen LogP contribution < -0.4 is 5.32 Å². The van der Waals surface area contributed by atoms with E-state index in [1.807, 2.05) is 49.0 Å². The second-order valence-electron chi connectivity index (χ2n) is 5.69. The van der Waals surface area contributed by atoms with E-state index in [9.17, 15) is 9.59 Å². The molecule has 0 radical (unpaired) electrons. The number of rotatable bonds is 2. The van der Waals surface area contributed by atoms with E-state index in [-0.39, 0.29) is 11.1 Å². The summed E-state index contributed by atoms with van der Waals surface area (Å²) < 4.78 is 3.76. The molecule has 0 saturated carbocycles. The van der Waals surface area contributed by atoms with Gasteiger partial charge >= 0.3 is 0 Å². The summed E-state index contributed by atoms with van der Waals surface area (Å²) in [4.78, 5) is 23.7. The lowest BCUT2D eigenvalue weighted by atomic mass is 10.2. The lowest BCUT2D eigenvalue weighted by Crippen LogP contribution is -2.17. The van der Waals surface area contributed by atoms with Gasteiger partial charge in [-0.15, -0.1) is 0 Å². The van der Waals surface area contributed by atoms with Crippen LogP contribution in [0.1, 0.15) is 11.3 Å². The van der Waals surface area contributed by atoms with Gasteiger partial charge in [0.15, 0.2) is 0 Å². The molecule has 0 spiro atoms. The van der Waals surface area contributed by atoms with Crippen molar-refractivity contribution in [1.29, 1.82) is 0 Å². The number of nitrogens with one attached hydrogen (secondary N) is 1. The van der Waals surface area contributed by atoms with Gasteiger partial charge in [-0.2, -0.15) is 5.10 Å². The van der Waals surface area contributed by atoms with Gasteiger partial charge in [0.1, 0.15) is 5.82 Å². The minimum absolute atomic E-state index is 0.361. The van der Waals surface area contributed by atoms with Crippen LogP contribution in [0.2, 0.25) is 5.02 Å². The largest absolute Gasteiger partial charge is 0.301 e. The maximum Gasteiger partial charge on any atom is 0.290 e. The molecule has 1 saturated heterocycles. The van der Waals surface area contributed by atoms with Crippen LogP contribution in [0, 0.1) is 6.92 Å². The molecule has 6 nitrogen and oxygen atoms in total. The predicted molar refractivity (Wildman–Crippen MR) is 98.9 cm³/mol. The maximum absolute atomic E-state index is 11.9. The van der Waals surface area contributed by atoms with Crippen LogP contribution >= 0.6 is 23.4 Å². The summed E-state index contributed by atoms with van der Waals surface area (Å²) in [7, 11) is 1.85. The molecule has 4 rings (SSSR count). The molecule has 1 N–H and O–H groups in total. The second kappa shape index (κ2) is 5.79. The van der Waals surface area contributed by atoms with Crippen molar-refractivity contribution in [3.05, 3.63) is 51.6 Å². The van der Waals surface area contributed by atoms with Crippen LogP contribution in [0.15, 0.2) is 35.4 Å². The first-order valence-corrected chi connectivity index (χ1v) is 8.69. The first kappa shape index (κ1) is 16.0. The lowest BCUT2D eigenvalue weighted by Gasteiger charge is -2.08. The van der Waals surface area contributed by atoms with E-state index in [1.54, 1.807) is 10.8 Å². The molecule has 2 amide bonds. The Labute approximate surface area is 152 Å². The molecule has 1 aliphatic rings. The van der Waals surface area contributed by atoms with Gasteiger partial charge in [-0.1, -0.05) is 11.6 Å². The molecule has 1 aliphatic heterocycles. The zero-order valence-corrected chi connectivity index (χ0v) is 15.0. The molecule has 1 fully saturated rings. The Morgan fingerprint density at radius 2 is 2.08 bits per heavy atom. The van der Waals surface area contributed by atoms with Crippen LogP contribution in [0.25, 0.3) is 22.8 Å². The van der Waals surface area contributed by atoms with E-state index >= 15 is 0 Å². The summed E-state index contributed by atoms with van der Waals surface area (Å²) in [6.07, 6.45) is 3.65. The molecular formula is C17H13ClN4O2S. The number of imide groups is 1. The third kappa shape index (κ3) is 2.65. The summed E-state index contributed by atoms with van der Waals surface area (Å²) in [6, 6.07) is 7.65. The standard InChI is InChI=1S/C17H13ClN4O2S/c1-9-12(8-14-15(23)19-17(24)25-14)16(21(2)20-9)22-6-5-10-7-11(18)3-4-13(10)22/h3-8H,1-2H3,(H,19,23,24)/b14-8-. The third-order valence-corrected chi connectivity index (χ3v) is 5.08. The molecule has 0 aliphatic carbocycles. The highest BCUT2D eigenvalue weighted by atomic mass is 35.5. The van der Waals surface area contributed by atoms with Crippen LogP contribution in [0.4, 0.5) is 4.79 Å². The van der Waals surface area contributed by atoms with E-state index in [0.29, 0.717) is 9.93 Å². The number of benzene rings is 1. The smallest absolute Gasteiger partial charge is 0.290 e. The van der Waals surface area contributed by atoms with Crippen LogP contribution in [0.3, 0.4) is 0 Å². The van der Waals surface area contributed by atoms with Crippen LogP contribution in [-0.2, 0) is 11.8 Å². The summed E-state index contributed by atoms with van der Waals surface area (Å²) in [6.45, 7) is 1.87. The summed E-state index contributed by atoms with van der Waals surface area (Å²) in [5.74, 6) is 0.434. The Morgan fingerprint density at radius 3 is 2.80 bits per heavy atom. The molecule has 2 aromatic heterocycles. The first-order valence-electron chi connectivity index (χ1n) is 7.49. The number of hydrogen-bond donors (Lipinski definition) is 1. The van der Waals surface area contributed by atoms with Gasteiger partial charge in [-0.3, -0.25) is 19.6 Å². The average molecular weight is 373 g/mol. The zero-order chi connectivity index (χ0) is 17.7. The van der Waals surface area contributed by atoms with Gasteiger partial charge in [-0.05, 0) is 49.0 Å². The molecule has 3 aromatic rings. The summed E-state index contributed by atoms with van der Waals surface area (Å²) in [5, 5.41) is 8.07. The van der Waals surface area contributed by atoms with Crippen molar-refractivity contribution in [1.82, 2.24) is 19.7 Å². The monoisotopic (exact) mass is 372 g/mol. The predicted octanol–water partition coefficient (Wildman–Crippen LogP) is 3.65. The number of halogens is 1. The molecule has 8 heteroatoms. The number of nitrogens with zero attached hydrogens (tertiary/aromatic N) is 3. The van der Waals surface area contributed by atoms with Crippen LogP contribution in [-0.4, -0.2) is 25.5 Å². The fraction of sp³-hybridized carbons (Fsp3) is 0.118. The second-order valence-corrected chi connectivity index (χ2v) is 7.14. The van der Waals surface area contributed by atoms with Gasteiger partial charge in [0.2, 0.25) is 0 Å². The Bertz CT molecular complexity index is 1080. The van der Waals surface area contributed by atoms with E-state index in [0.717, 1.165) is 39.7 Å². The molecule has 0 bridgehead atoms. The van der Waals surface area contributed by atoms with Gasteiger partial charge in [0.05, 0.1) is 16.1 Å². The van der Waals surface area contributed by atoms with E-state index in [1.165, 1.54) is 0 Å². The lowest BCUT2D eigenvalue weighted by molar-refractivity contribution is -0.115. The number of aromatic nitrogens is 3. The molecule has 1 aromatic carbocycles. The van der Waals surface area contributed by atoms with E-state index in [2.05, 4.69) is 10.4 Å². The van der Waals surface area contributed by atoms with Crippen LogP contribution in [0.5, 0.6) is 0 Å². The van der Waals surface area contributed by atoms with Crippen molar-refractivity contribution in [2.75, 3.05) is 0 Å². The molecule has 25 heavy (non-hydrogen) atoms. The van der Waals surface area contributed by atoms with Crippen molar-refractivity contribution in [3.8, 4) is 5.82 Å². The fourth-order valence-corrected chi connectivity index (χ4v) is 3.81. The number of amides is 2. The van der Waals surface area contributed by atoms with Crippen molar-refractivity contribution in [2.45, 2.75) is 6.92 Å². The van der Waals surface area contributed by atoms with Gasteiger partial charge in [-0.25, -0.2) is 0 Å². The Kier molecular flexibility index (Phi) is 3.70. The minimum Gasteiger partial charge on any atom is -0.301 e. The maximum atomic E-state index is 11.9. The molecule has 3 heterocycles. The average Bonchev–Trinajstić information content (AvgIpc) is 3.16. The number of fused-ring (bicyclic) bond motifs is 1. The Hall–Kier alpha value is -2.51. The quantitative estimate of drug-likeness (QED) is 0.697. The number of aryl methyl sites for hydroxylation is 2. The highest BCUT2D eigenvalue weighted by Gasteiger charge is 2.26. The third-order valence-electron chi connectivity index (χ3n) is 4.04. The van der Waals surface area contributed by atoms with Gasteiger partial charge in [0.25, 0.3) is 11.1 Å². The SMILES string of the molecule is Cc1nn(C)c(-n2ccc3cc(Cl)ccc32)c1/C=C1\SC(=O)NC1=O. The molecule has 126 valence electrons. The minimum atomic E-state index is -0.381. The van der Waals surface area contributed by atoms with Crippen molar-refractivity contribution in [3.63, 3.8) is 0 Å². The first-order chi connectivity index (χ1) is 11.9. The Balaban J connectivity index is 1.92. The summed E-state index contributed by atoms with van der Waals surface area (Å²) >= 11 is 6.96. The summed E-state index contributed by atoms with van der Waals surface area (Å²) in [5.41, 5.74) is 2.54. The highest BCUT2D eigenvalue weighted by molar-refractivity contribution is 8.18. The normalized spacial score (nSPS) is 16.2. The zero-order valence-electron chi connectivity index (χ0n) is 13.4. The van der Waals surface area contributed by atoms with Gasteiger partial charge in [0, 0.05) is 29.2 Å². The number of thioether (sulfide) groups is 1. The Morgan fingerprint density at radius 1 is 1.28 bits per heavy atom. The highest BCUT2D eigenvalue weighted by Crippen LogP contribution is 2.31. The van der Waals surface area contributed by atoms with Gasteiger partial charge < -0.3 is 4.57 Å². The van der Waals surface area contributed by atoms with E-state index in [4.69, 9.17) is 11.6 Å². The van der Waals surface area contributed by atoms with Crippen molar-refractivity contribution in [2.24, 2.45) is 7.05 Å². The molecular weight excluding hydrogens is 360 g/mol. The number of carbonyl (C=O) groups excluding carboxylic acids is 2.